The molecular weight excluding hydrogens is 272 g/mol. The Morgan fingerprint density at radius 1 is 1.30 bits per heavy atom. The Morgan fingerprint density at radius 2 is 2.05 bits per heavy atom. The Labute approximate surface area is 122 Å². The van der Waals surface area contributed by atoms with Gasteiger partial charge in [0, 0.05) is 5.70 Å². The Bertz CT molecular complexity index is 648. The van der Waals surface area contributed by atoms with Crippen molar-refractivity contribution < 1.29 is 4.74 Å². The zero-order valence-electron chi connectivity index (χ0n) is 11.6. The van der Waals surface area contributed by atoms with Gasteiger partial charge < -0.3 is 10.1 Å². The van der Waals surface area contributed by atoms with Crippen molar-refractivity contribution in [1.82, 2.24) is 14.8 Å². The van der Waals surface area contributed by atoms with Crippen molar-refractivity contribution in [1.29, 1.82) is 0 Å². The van der Waals surface area contributed by atoms with Gasteiger partial charge in [0.2, 0.25) is 11.1 Å². The van der Waals surface area contributed by atoms with Crippen LogP contribution in [0.4, 0.5) is 5.95 Å². The summed E-state index contributed by atoms with van der Waals surface area (Å²) in [5.41, 5.74) is 2.24. The van der Waals surface area contributed by atoms with E-state index in [0.29, 0.717) is 0 Å². The molecule has 1 aromatic carbocycles. The summed E-state index contributed by atoms with van der Waals surface area (Å²) in [7, 11) is 1.67. The zero-order valence-corrected chi connectivity index (χ0v) is 12.4. The summed E-state index contributed by atoms with van der Waals surface area (Å²) in [6, 6.07) is 8.11. The number of ether oxygens (including phenoxy) is 1. The molecule has 1 atom stereocenters. The van der Waals surface area contributed by atoms with Gasteiger partial charge in [-0.2, -0.15) is 4.98 Å². The Morgan fingerprint density at radius 3 is 2.70 bits per heavy atom. The summed E-state index contributed by atoms with van der Waals surface area (Å²) in [5.74, 6) is 1.64. The van der Waals surface area contributed by atoms with Gasteiger partial charge in [0.05, 0.1) is 7.11 Å². The monoisotopic (exact) mass is 288 g/mol. The van der Waals surface area contributed by atoms with Gasteiger partial charge in [0.25, 0.3) is 0 Å². The Kier molecular flexibility index (Phi) is 3.40. The van der Waals surface area contributed by atoms with E-state index in [0.717, 1.165) is 28.1 Å². The first kappa shape index (κ1) is 13.1. The van der Waals surface area contributed by atoms with Gasteiger partial charge >= 0.3 is 0 Å². The molecule has 0 amide bonds. The van der Waals surface area contributed by atoms with Crippen molar-refractivity contribution in [2.24, 2.45) is 0 Å². The molecule has 1 aliphatic rings. The van der Waals surface area contributed by atoms with Crippen molar-refractivity contribution in [3.05, 3.63) is 41.6 Å². The highest BCUT2D eigenvalue weighted by Crippen LogP contribution is 2.30. The molecule has 2 heterocycles. The summed E-state index contributed by atoms with van der Waals surface area (Å²) in [4.78, 5) is 4.47. The molecular formula is C14H16N4OS. The molecule has 0 saturated carbocycles. The lowest BCUT2D eigenvalue weighted by molar-refractivity contribution is 0.414. The molecule has 1 N–H and O–H groups in total. The number of rotatable bonds is 3. The quantitative estimate of drug-likeness (QED) is 0.880. The maximum Gasteiger partial charge on any atom is 0.227 e. The molecule has 104 valence electrons. The minimum Gasteiger partial charge on any atom is -0.497 e. The third-order valence-electron chi connectivity index (χ3n) is 3.23. The molecule has 6 heteroatoms. The van der Waals surface area contributed by atoms with Gasteiger partial charge in [0.15, 0.2) is 0 Å². The van der Waals surface area contributed by atoms with E-state index in [1.54, 1.807) is 18.9 Å². The maximum absolute atomic E-state index is 5.20. The normalized spacial score (nSPS) is 17.1. The molecule has 2 aromatic rings. The van der Waals surface area contributed by atoms with Crippen molar-refractivity contribution in [3.8, 4) is 5.75 Å². The molecule has 0 bridgehead atoms. The van der Waals surface area contributed by atoms with Crippen LogP contribution in [0.3, 0.4) is 0 Å². The number of hydrogen-bond donors (Lipinski definition) is 1. The largest absolute Gasteiger partial charge is 0.497 e. The molecule has 1 aliphatic heterocycles. The second-order valence-corrected chi connectivity index (χ2v) is 5.33. The minimum atomic E-state index is 0.0607. The second-order valence-electron chi connectivity index (χ2n) is 4.56. The van der Waals surface area contributed by atoms with E-state index in [4.69, 9.17) is 4.74 Å². The van der Waals surface area contributed by atoms with Crippen molar-refractivity contribution in [3.63, 3.8) is 0 Å². The number of methoxy groups -OCH3 is 1. The topological polar surface area (TPSA) is 52.0 Å². The summed E-state index contributed by atoms with van der Waals surface area (Å²) in [5, 5.41) is 8.56. The fourth-order valence-electron chi connectivity index (χ4n) is 2.23. The minimum absolute atomic E-state index is 0.0607. The Hall–Kier alpha value is -1.95. The molecule has 0 radical (unpaired) electrons. The van der Waals surface area contributed by atoms with Gasteiger partial charge in [-0.15, -0.1) is 5.10 Å². The van der Waals surface area contributed by atoms with Crippen LogP contribution < -0.4 is 10.1 Å². The van der Waals surface area contributed by atoms with Crippen molar-refractivity contribution in [2.75, 3.05) is 18.7 Å². The summed E-state index contributed by atoms with van der Waals surface area (Å²) in [6.45, 7) is 2.04. The lowest BCUT2D eigenvalue weighted by atomic mass is 10.0. The highest BCUT2D eigenvalue weighted by atomic mass is 32.2. The van der Waals surface area contributed by atoms with E-state index in [1.807, 2.05) is 30.0 Å². The van der Waals surface area contributed by atoms with E-state index in [9.17, 15) is 0 Å². The second kappa shape index (κ2) is 5.20. The van der Waals surface area contributed by atoms with E-state index in [2.05, 4.69) is 33.6 Å². The standard InChI is InChI=1S/C14H16N4OS/c1-9-8-12(10-4-6-11(19-2)7-5-10)18-13(15-9)16-14(17-18)20-3/h4-8,12H,1-3H3,(H,15,16,17)/t12-/m1/s1. The molecule has 0 saturated heterocycles. The van der Waals surface area contributed by atoms with Gasteiger partial charge in [-0.05, 0) is 37.0 Å². The smallest absolute Gasteiger partial charge is 0.227 e. The van der Waals surface area contributed by atoms with E-state index < -0.39 is 0 Å². The van der Waals surface area contributed by atoms with Crippen LogP contribution in [0.25, 0.3) is 0 Å². The molecule has 0 unspecified atom stereocenters. The number of benzene rings is 1. The van der Waals surface area contributed by atoms with E-state index >= 15 is 0 Å². The van der Waals surface area contributed by atoms with Crippen LogP contribution >= 0.6 is 11.8 Å². The average Bonchev–Trinajstić information content (AvgIpc) is 2.89. The predicted octanol–water partition coefficient (Wildman–Crippen LogP) is 2.93. The van der Waals surface area contributed by atoms with E-state index in [1.165, 1.54) is 0 Å². The fourth-order valence-corrected chi connectivity index (χ4v) is 2.58. The molecule has 0 spiro atoms. The predicted molar refractivity (Wildman–Crippen MR) is 80.3 cm³/mol. The van der Waals surface area contributed by atoms with Crippen LogP contribution in [-0.4, -0.2) is 28.1 Å². The number of anilines is 1. The summed E-state index contributed by atoms with van der Waals surface area (Å²) in [6.07, 6.45) is 4.12. The number of nitrogens with zero attached hydrogens (tertiary/aromatic N) is 3. The Balaban J connectivity index is 2.02. The first-order valence-corrected chi connectivity index (χ1v) is 7.53. The summed E-state index contributed by atoms with van der Waals surface area (Å²) < 4.78 is 7.12. The van der Waals surface area contributed by atoms with Crippen LogP contribution in [0, 0.1) is 0 Å². The highest BCUT2D eigenvalue weighted by Gasteiger charge is 2.23. The third-order valence-corrected chi connectivity index (χ3v) is 3.77. The number of fused-ring (bicyclic) bond motifs is 1. The number of aromatic nitrogens is 3. The lowest BCUT2D eigenvalue weighted by Crippen LogP contribution is -2.19. The zero-order chi connectivity index (χ0) is 14.1. The SMILES string of the molecule is COc1ccc([C@H]2C=C(C)Nc3nc(SC)nn32)cc1. The maximum atomic E-state index is 5.20. The van der Waals surface area contributed by atoms with Crippen LogP contribution in [0.5, 0.6) is 5.75 Å². The highest BCUT2D eigenvalue weighted by molar-refractivity contribution is 7.98. The molecule has 0 fully saturated rings. The number of hydrogen-bond acceptors (Lipinski definition) is 5. The molecule has 0 aliphatic carbocycles. The molecule has 5 nitrogen and oxygen atoms in total. The number of allylic oxidation sites excluding steroid dienone is 2. The molecule has 3 rings (SSSR count). The van der Waals surface area contributed by atoms with Crippen LogP contribution in [-0.2, 0) is 0 Å². The van der Waals surface area contributed by atoms with Crippen molar-refractivity contribution in [2.45, 2.75) is 18.1 Å². The molecule has 20 heavy (non-hydrogen) atoms. The van der Waals surface area contributed by atoms with Crippen LogP contribution in [0.1, 0.15) is 18.5 Å². The fraction of sp³-hybridized carbons (Fsp3) is 0.286. The first-order chi connectivity index (χ1) is 9.71. The first-order valence-electron chi connectivity index (χ1n) is 6.31. The number of thioether (sulfide) groups is 1. The van der Waals surface area contributed by atoms with Gasteiger partial charge in [-0.1, -0.05) is 23.9 Å². The lowest BCUT2D eigenvalue weighted by Gasteiger charge is -2.22. The third kappa shape index (κ3) is 2.27. The van der Waals surface area contributed by atoms with Gasteiger partial charge in [0.1, 0.15) is 11.8 Å². The molecule has 1 aromatic heterocycles. The van der Waals surface area contributed by atoms with Gasteiger partial charge in [-0.3, -0.25) is 0 Å². The van der Waals surface area contributed by atoms with E-state index in [-0.39, 0.29) is 6.04 Å². The van der Waals surface area contributed by atoms with Crippen molar-refractivity contribution >= 4 is 17.7 Å². The van der Waals surface area contributed by atoms with Gasteiger partial charge in [-0.25, -0.2) is 4.68 Å². The van der Waals surface area contributed by atoms with Crippen LogP contribution in [0.2, 0.25) is 0 Å². The average molecular weight is 288 g/mol. The van der Waals surface area contributed by atoms with Crippen LogP contribution in [0.15, 0.2) is 41.2 Å². The summed E-state index contributed by atoms with van der Waals surface area (Å²) >= 11 is 1.54. The number of nitrogens with one attached hydrogen (secondary N) is 1.